The lowest BCUT2D eigenvalue weighted by atomic mass is 10.2. The van der Waals surface area contributed by atoms with E-state index in [-0.39, 0.29) is 5.75 Å². The highest BCUT2D eigenvalue weighted by Gasteiger charge is 2.29. The molecule has 0 aromatic carbocycles. The van der Waals surface area contributed by atoms with Crippen molar-refractivity contribution in [1.29, 1.82) is 0 Å². The molecule has 1 rings (SSSR count). The third kappa shape index (κ3) is 4.52. The van der Waals surface area contributed by atoms with Crippen LogP contribution in [0.5, 0.6) is 0 Å². The van der Waals surface area contributed by atoms with Crippen LogP contribution in [0, 0.1) is 0 Å². The van der Waals surface area contributed by atoms with Crippen molar-refractivity contribution in [3.05, 3.63) is 0 Å². The Hall–Kier alpha value is -0.130. The monoisotopic (exact) mass is 276 g/mol. The van der Waals surface area contributed by atoms with Gasteiger partial charge in [-0.25, -0.2) is 8.42 Å². The largest absolute Gasteiger partial charge is 0.313 e. The molecule has 1 aliphatic heterocycles. The molecule has 0 bridgehead atoms. The SMILES string of the molecule is CCC1CN(CCS(=O)(=O)C(C)(C)C)CCCN1. The maximum Gasteiger partial charge on any atom is 0.156 e. The quantitative estimate of drug-likeness (QED) is 0.840. The first-order valence-electron chi connectivity index (χ1n) is 6.94. The van der Waals surface area contributed by atoms with Crippen LogP contribution in [-0.4, -0.2) is 56.0 Å². The summed E-state index contributed by atoms with van der Waals surface area (Å²) < 4.78 is 23.5. The normalized spacial score (nSPS) is 23.9. The van der Waals surface area contributed by atoms with Gasteiger partial charge in [-0.3, -0.25) is 0 Å². The average molecular weight is 276 g/mol. The van der Waals surface area contributed by atoms with E-state index in [1.807, 2.05) is 0 Å². The summed E-state index contributed by atoms with van der Waals surface area (Å²) in [6.07, 6.45) is 2.20. The van der Waals surface area contributed by atoms with E-state index in [9.17, 15) is 8.42 Å². The van der Waals surface area contributed by atoms with Crippen molar-refractivity contribution in [2.75, 3.05) is 31.9 Å². The molecule has 4 nitrogen and oxygen atoms in total. The van der Waals surface area contributed by atoms with Crippen molar-refractivity contribution in [1.82, 2.24) is 10.2 Å². The summed E-state index contributed by atoms with van der Waals surface area (Å²) >= 11 is 0. The van der Waals surface area contributed by atoms with Crippen molar-refractivity contribution >= 4 is 9.84 Å². The minimum Gasteiger partial charge on any atom is -0.313 e. The van der Waals surface area contributed by atoms with E-state index in [0.717, 1.165) is 32.5 Å². The third-order valence-electron chi connectivity index (χ3n) is 3.66. The van der Waals surface area contributed by atoms with Crippen LogP contribution in [0.2, 0.25) is 0 Å². The van der Waals surface area contributed by atoms with Crippen LogP contribution in [0.4, 0.5) is 0 Å². The molecule has 5 heteroatoms. The molecule has 1 aliphatic rings. The highest BCUT2D eigenvalue weighted by Crippen LogP contribution is 2.16. The number of rotatable bonds is 4. The summed E-state index contributed by atoms with van der Waals surface area (Å²) in [4.78, 5) is 2.29. The number of hydrogen-bond donors (Lipinski definition) is 1. The third-order valence-corrected chi connectivity index (χ3v) is 6.25. The maximum atomic E-state index is 12.1. The Balaban J connectivity index is 2.52. The van der Waals surface area contributed by atoms with E-state index in [1.165, 1.54) is 0 Å². The molecule has 1 fully saturated rings. The van der Waals surface area contributed by atoms with Crippen molar-refractivity contribution < 1.29 is 8.42 Å². The van der Waals surface area contributed by atoms with E-state index in [4.69, 9.17) is 0 Å². The second-order valence-corrected chi connectivity index (χ2v) is 9.01. The van der Waals surface area contributed by atoms with Crippen molar-refractivity contribution in [3.63, 3.8) is 0 Å². The lowest BCUT2D eigenvalue weighted by molar-refractivity contribution is 0.279. The molecule has 18 heavy (non-hydrogen) atoms. The van der Waals surface area contributed by atoms with Gasteiger partial charge < -0.3 is 10.2 Å². The molecule has 0 aliphatic carbocycles. The Labute approximate surface area is 112 Å². The topological polar surface area (TPSA) is 49.4 Å². The lowest BCUT2D eigenvalue weighted by Gasteiger charge is -2.26. The van der Waals surface area contributed by atoms with Crippen LogP contribution in [0.1, 0.15) is 40.5 Å². The van der Waals surface area contributed by atoms with Crippen LogP contribution in [0.25, 0.3) is 0 Å². The van der Waals surface area contributed by atoms with E-state index < -0.39 is 14.6 Å². The zero-order valence-corrected chi connectivity index (χ0v) is 13.0. The van der Waals surface area contributed by atoms with Gasteiger partial charge in [0.2, 0.25) is 0 Å². The molecule has 0 aromatic heterocycles. The second kappa shape index (κ2) is 6.35. The highest BCUT2D eigenvalue weighted by atomic mass is 32.2. The molecule has 1 heterocycles. The molecule has 0 aromatic rings. The molecule has 108 valence electrons. The fraction of sp³-hybridized carbons (Fsp3) is 1.00. The van der Waals surface area contributed by atoms with Gasteiger partial charge in [-0.15, -0.1) is 0 Å². The Kier molecular flexibility index (Phi) is 5.62. The first-order valence-corrected chi connectivity index (χ1v) is 8.59. The fourth-order valence-corrected chi connectivity index (χ4v) is 3.22. The zero-order valence-electron chi connectivity index (χ0n) is 12.2. The van der Waals surface area contributed by atoms with Gasteiger partial charge >= 0.3 is 0 Å². The second-order valence-electron chi connectivity index (χ2n) is 6.14. The van der Waals surface area contributed by atoms with Crippen LogP contribution in [0.3, 0.4) is 0 Å². The van der Waals surface area contributed by atoms with Gasteiger partial charge in [0.15, 0.2) is 9.84 Å². The highest BCUT2D eigenvalue weighted by molar-refractivity contribution is 7.92. The van der Waals surface area contributed by atoms with Crippen molar-refractivity contribution in [3.8, 4) is 0 Å². The molecular formula is C13H28N2O2S. The summed E-state index contributed by atoms with van der Waals surface area (Å²) in [7, 11) is -3.00. The molecule has 1 atom stereocenters. The summed E-state index contributed by atoms with van der Waals surface area (Å²) in [6.45, 7) is 11.2. The van der Waals surface area contributed by atoms with Crippen molar-refractivity contribution in [2.24, 2.45) is 0 Å². The van der Waals surface area contributed by atoms with Crippen LogP contribution in [-0.2, 0) is 9.84 Å². The van der Waals surface area contributed by atoms with Crippen LogP contribution < -0.4 is 5.32 Å². The van der Waals surface area contributed by atoms with Crippen LogP contribution in [0.15, 0.2) is 0 Å². The van der Waals surface area contributed by atoms with Gasteiger partial charge in [-0.05, 0) is 46.7 Å². The molecule has 1 saturated heterocycles. The Bertz CT molecular complexity index is 346. The predicted octanol–water partition coefficient (Wildman–Crippen LogP) is 1.27. The number of sulfone groups is 1. The van der Waals surface area contributed by atoms with E-state index in [2.05, 4.69) is 17.1 Å². The minimum absolute atomic E-state index is 0.271. The van der Waals surface area contributed by atoms with Gasteiger partial charge in [-0.2, -0.15) is 0 Å². The maximum absolute atomic E-state index is 12.1. The smallest absolute Gasteiger partial charge is 0.156 e. The molecular weight excluding hydrogens is 248 g/mol. The Morgan fingerprint density at radius 3 is 2.56 bits per heavy atom. The minimum atomic E-state index is -3.00. The molecule has 0 saturated carbocycles. The van der Waals surface area contributed by atoms with Gasteiger partial charge in [0.25, 0.3) is 0 Å². The molecule has 0 spiro atoms. The van der Waals surface area contributed by atoms with Gasteiger partial charge in [-0.1, -0.05) is 6.92 Å². The summed E-state index contributed by atoms with van der Waals surface area (Å²) in [5, 5.41) is 3.50. The molecule has 1 N–H and O–H groups in total. The Morgan fingerprint density at radius 1 is 1.33 bits per heavy atom. The predicted molar refractivity (Wildman–Crippen MR) is 76.7 cm³/mol. The number of nitrogens with zero attached hydrogens (tertiary/aromatic N) is 1. The van der Waals surface area contributed by atoms with Gasteiger partial charge in [0, 0.05) is 19.1 Å². The molecule has 0 amide bonds. The zero-order chi connectivity index (χ0) is 13.8. The van der Waals surface area contributed by atoms with Crippen molar-refractivity contribution in [2.45, 2.75) is 51.3 Å². The summed E-state index contributed by atoms with van der Waals surface area (Å²) in [5.74, 6) is 0.271. The number of nitrogens with one attached hydrogen (secondary N) is 1. The number of hydrogen-bond acceptors (Lipinski definition) is 4. The van der Waals surface area contributed by atoms with Crippen LogP contribution >= 0.6 is 0 Å². The van der Waals surface area contributed by atoms with Gasteiger partial charge in [0.05, 0.1) is 10.5 Å². The summed E-state index contributed by atoms with van der Waals surface area (Å²) in [5.41, 5.74) is 0. The lowest BCUT2D eigenvalue weighted by Crippen LogP contribution is -2.41. The average Bonchev–Trinajstić information content (AvgIpc) is 2.49. The van der Waals surface area contributed by atoms with E-state index in [0.29, 0.717) is 12.6 Å². The van der Waals surface area contributed by atoms with E-state index in [1.54, 1.807) is 20.8 Å². The van der Waals surface area contributed by atoms with E-state index >= 15 is 0 Å². The molecule has 1 unspecified atom stereocenters. The fourth-order valence-electron chi connectivity index (χ4n) is 2.11. The Morgan fingerprint density at radius 2 is 2.00 bits per heavy atom. The molecule has 0 radical (unpaired) electrons. The standard InChI is InChI=1S/C13H28N2O2S/c1-5-12-11-15(8-6-7-14-12)9-10-18(16,17)13(2,3)4/h12,14H,5-11H2,1-4H3. The first kappa shape index (κ1) is 15.9. The first-order chi connectivity index (χ1) is 8.26. The summed E-state index contributed by atoms with van der Waals surface area (Å²) in [6, 6.07) is 0.504. The van der Waals surface area contributed by atoms with Gasteiger partial charge in [0.1, 0.15) is 0 Å².